The van der Waals surface area contributed by atoms with Gasteiger partial charge in [-0.05, 0) is 26.8 Å². The van der Waals surface area contributed by atoms with Crippen LogP contribution in [0.4, 0.5) is 0 Å². The number of carbonyl (C=O) groups excluding carboxylic acids is 1. The molecule has 0 aliphatic carbocycles. The standard InChI is InChI=1S/C24H38N2O9Si/c1-8-11-32-20-17(14-27)34-22(21(20)33-15-19(29)35-24(2,3)4)25-10-9-18(28)26(23(25)30)16-31-12-13-36(5,6)7/h1,9-10,17,20-22,27H,11-16H2,2-7H3/t17-,20-,21-,22-/m1/s1. The molecule has 0 bridgehead atoms. The Morgan fingerprint density at radius 1 is 1.22 bits per heavy atom. The van der Waals surface area contributed by atoms with Crippen LogP contribution in [-0.4, -0.2) is 78.6 Å². The lowest BCUT2D eigenvalue weighted by atomic mass is 10.1. The summed E-state index contributed by atoms with van der Waals surface area (Å²) in [5, 5.41) is 9.86. The summed E-state index contributed by atoms with van der Waals surface area (Å²) in [5.41, 5.74) is -1.95. The zero-order valence-electron chi connectivity index (χ0n) is 21.9. The summed E-state index contributed by atoms with van der Waals surface area (Å²) in [5.74, 6) is 1.72. The maximum atomic E-state index is 13.2. The third-order valence-electron chi connectivity index (χ3n) is 5.22. The molecule has 2 heterocycles. The average molecular weight is 527 g/mol. The Morgan fingerprint density at radius 3 is 2.50 bits per heavy atom. The van der Waals surface area contributed by atoms with Crippen molar-refractivity contribution in [2.24, 2.45) is 0 Å². The highest BCUT2D eigenvalue weighted by Crippen LogP contribution is 2.33. The summed E-state index contributed by atoms with van der Waals surface area (Å²) >= 11 is 0. The number of aliphatic hydroxyl groups excluding tert-OH is 1. The number of aliphatic hydroxyl groups is 1. The third kappa shape index (κ3) is 8.69. The van der Waals surface area contributed by atoms with Crippen LogP contribution < -0.4 is 11.2 Å². The summed E-state index contributed by atoms with van der Waals surface area (Å²) in [6.45, 7) is 10.9. The second-order valence-electron chi connectivity index (χ2n) is 10.7. The van der Waals surface area contributed by atoms with Crippen molar-refractivity contribution in [1.29, 1.82) is 0 Å². The van der Waals surface area contributed by atoms with E-state index < -0.39 is 68.6 Å². The van der Waals surface area contributed by atoms with Crippen LogP contribution in [0, 0.1) is 12.3 Å². The smallest absolute Gasteiger partial charge is 0.335 e. The van der Waals surface area contributed by atoms with Crippen molar-refractivity contribution in [3.05, 3.63) is 33.1 Å². The maximum Gasteiger partial charge on any atom is 0.335 e. The fourth-order valence-corrected chi connectivity index (χ4v) is 4.27. The lowest BCUT2D eigenvalue weighted by molar-refractivity contribution is -0.167. The number of rotatable bonds is 12. The monoisotopic (exact) mass is 526 g/mol. The van der Waals surface area contributed by atoms with Gasteiger partial charge in [0.15, 0.2) is 6.23 Å². The quantitative estimate of drug-likeness (QED) is 0.183. The topological polar surface area (TPSA) is 127 Å². The molecule has 0 unspecified atom stereocenters. The van der Waals surface area contributed by atoms with Crippen LogP contribution in [0.15, 0.2) is 21.9 Å². The zero-order valence-corrected chi connectivity index (χ0v) is 22.9. The molecule has 4 atom stereocenters. The van der Waals surface area contributed by atoms with Crippen LogP contribution in [0.25, 0.3) is 0 Å². The molecule has 2 rings (SSSR count). The van der Waals surface area contributed by atoms with Crippen LogP contribution in [-0.2, 0) is 35.2 Å². The normalized spacial score (nSPS) is 22.4. The van der Waals surface area contributed by atoms with Crippen LogP contribution in [0.5, 0.6) is 0 Å². The molecule has 1 saturated heterocycles. The van der Waals surface area contributed by atoms with E-state index in [0.29, 0.717) is 6.61 Å². The molecular weight excluding hydrogens is 488 g/mol. The van der Waals surface area contributed by atoms with Crippen molar-refractivity contribution < 1.29 is 33.6 Å². The molecule has 1 aliphatic rings. The Kier molecular flexibility index (Phi) is 10.7. The van der Waals surface area contributed by atoms with Crippen LogP contribution in [0.2, 0.25) is 25.7 Å². The number of aromatic nitrogens is 2. The van der Waals surface area contributed by atoms with Crippen molar-refractivity contribution >= 4 is 14.0 Å². The molecule has 0 radical (unpaired) electrons. The minimum absolute atomic E-state index is 0.108. The Labute approximate surface area is 212 Å². The number of nitrogens with zero attached hydrogens (tertiary/aromatic N) is 2. The first-order valence-corrected chi connectivity index (χ1v) is 15.5. The van der Waals surface area contributed by atoms with Gasteiger partial charge in [0.2, 0.25) is 0 Å². The number of carbonyl (C=O) groups is 1. The fraction of sp³-hybridized carbons (Fsp3) is 0.708. The van der Waals surface area contributed by atoms with Crippen molar-refractivity contribution in [3.8, 4) is 12.3 Å². The summed E-state index contributed by atoms with van der Waals surface area (Å²) in [6, 6.07) is 2.09. The van der Waals surface area contributed by atoms with Crippen LogP contribution in [0.1, 0.15) is 27.0 Å². The second kappa shape index (κ2) is 12.8. The summed E-state index contributed by atoms with van der Waals surface area (Å²) in [4.78, 5) is 37.9. The van der Waals surface area contributed by atoms with E-state index in [9.17, 15) is 19.5 Å². The molecule has 0 amide bonds. The van der Waals surface area contributed by atoms with Crippen molar-refractivity contribution in [1.82, 2.24) is 9.13 Å². The highest BCUT2D eigenvalue weighted by Gasteiger charge is 2.48. The van der Waals surface area contributed by atoms with Crippen molar-refractivity contribution in [2.45, 2.75) is 83.3 Å². The molecular formula is C24H38N2O9Si. The molecule has 0 spiro atoms. The van der Waals surface area contributed by atoms with Gasteiger partial charge in [-0.25, -0.2) is 14.2 Å². The van der Waals surface area contributed by atoms with Gasteiger partial charge in [0.25, 0.3) is 5.56 Å². The molecule has 1 aliphatic heterocycles. The SMILES string of the molecule is C#CCO[C@H]1[C@@H](OCC(=O)OC(C)(C)C)[C@H](n2ccc(=O)n(COCC[Si](C)(C)C)c2=O)O[C@@H]1CO. The molecule has 1 N–H and O–H groups in total. The highest BCUT2D eigenvalue weighted by molar-refractivity contribution is 6.76. The first kappa shape index (κ1) is 30.0. The van der Waals surface area contributed by atoms with Gasteiger partial charge < -0.3 is 28.8 Å². The van der Waals surface area contributed by atoms with E-state index in [1.807, 2.05) is 0 Å². The summed E-state index contributed by atoms with van der Waals surface area (Å²) in [6.07, 6.45) is 2.68. The number of hydrogen-bond acceptors (Lipinski definition) is 9. The molecule has 0 saturated carbocycles. The zero-order chi connectivity index (χ0) is 27.1. The molecule has 12 heteroatoms. The van der Waals surface area contributed by atoms with Gasteiger partial charge in [-0.15, -0.1) is 6.42 Å². The largest absolute Gasteiger partial charge is 0.458 e. The molecule has 202 valence electrons. The molecule has 1 aromatic rings. The first-order valence-electron chi connectivity index (χ1n) is 11.8. The van der Waals surface area contributed by atoms with E-state index in [-0.39, 0.29) is 13.3 Å². The van der Waals surface area contributed by atoms with Crippen LogP contribution in [0.3, 0.4) is 0 Å². The second-order valence-corrected chi connectivity index (χ2v) is 16.3. The first-order chi connectivity index (χ1) is 16.8. The summed E-state index contributed by atoms with van der Waals surface area (Å²) in [7, 11) is -1.35. The summed E-state index contributed by atoms with van der Waals surface area (Å²) < 4.78 is 30.4. The maximum absolute atomic E-state index is 13.2. The molecule has 0 aromatic carbocycles. The lowest BCUT2D eigenvalue weighted by Crippen LogP contribution is -2.45. The highest BCUT2D eigenvalue weighted by atomic mass is 28.3. The van der Waals surface area contributed by atoms with Gasteiger partial charge in [0.05, 0.1) is 6.61 Å². The molecule has 11 nitrogen and oxygen atoms in total. The van der Waals surface area contributed by atoms with E-state index in [1.165, 1.54) is 12.3 Å². The van der Waals surface area contributed by atoms with Gasteiger partial charge in [-0.3, -0.25) is 9.36 Å². The molecule has 36 heavy (non-hydrogen) atoms. The third-order valence-corrected chi connectivity index (χ3v) is 6.93. The number of esters is 1. The van der Waals surface area contributed by atoms with Crippen LogP contribution >= 0.6 is 0 Å². The molecule has 1 aromatic heterocycles. The number of ether oxygens (including phenoxy) is 5. The Balaban J connectivity index is 2.32. The number of terminal acetylenes is 1. The fourth-order valence-electron chi connectivity index (χ4n) is 3.52. The molecule has 1 fully saturated rings. The minimum Gasteiger partial charge on any atom is -0.458 e. The van der Waals surface area contributed by atoms with Gasteiger partial charge in [0.1, 0.15) is 43.9 Å². The number of hydrogen-bond donors (Lipinski definition) is 1. The predicted octanol–water partition coefficient (Wildman–Crippen LogP) is 0.957. The van der Waals surface area contributed by atoms with Crippen molar-refractivity contribution in [3.63, 3.8) is 0 Å². The Morgan fingerprint density at radius 2 is 1.92 bits per heavy atom. The van der Waals surface area contributed by atoms with E-state index in [1.54, 1.807) is 20.8 Å². The predicted molar refractivity (Wildman–Crippen MR) is 134 cm³/mol. The van der Waals surface area contributed by atoms with E-state index in [2.05, 4.69) is 25.6 Å². The minimum atomic E-state index is -1.35. The van der Waals surface area contributed by atoms with E-state index in [0.717, 1.165) is 15.2 Å². The van der Waals surface area contributed by atoms with Gasteiger partial charge >= 0.3 is 11.7 Å². The Bertz CT molecular complexity index is 1030. The van der Waals surface area contributed by atoms with Gasteiger partial charge in [-0.2, -0.15) is 0 Å². The average Bonchev–Trinajstić information content (AvgIpc) is 3.10. The van der Waals surface area contributed by atoms with Crippen molar-refractivity contribution in [2.75, 3.05) is 26.4 Å². The van der Waals surface area contributed by atoms with Gasteiger partial charge in [-0.1, -0.05) is 25.6 Å². The van der Waals surface area contributed by atoms with Gasteiger partial charge in [0, 0.05) is 26.9 Å². The van der Waals surface area contributed by atoms with E-state index in [4.69, 9.17) is 30.1 Å². The van der Waals surface area contributed by atoms with E-state index >= 15 is 0 Å². The Hall–Kier alpha value is -2.27. The lowest BCUT2D eigenvalue weighted by Gasteiger charge is -2.26.